The van der Waals surface area contributed by atoms with Crippen LogP contribution < -0.4 is 0 Å². The Morgan fingerprint density at radius 1 is 0.735 bits per heavy atom. The second-order valence-electron chi connectivity index (χ2n) is 7.39. The first kappa shape index (κ1) is 24.2. The van der Waals surface area contributed by atoms with Crippen LogP contribution in [-0.2, 0) is 6.42 Å². The number of pyridine rings is 2. The lowest BCUT2D eigenvalue weighted by atomic mass is 10.2. The topological polar surface area (TPSA) is 86.0 Å². The van der Waals surface area contributed by atoms with Gasteiger partial charge < -0.3 is 0 Å². The van der Waals surface area contributed by atoms with E-state index in [1.54, 1.807) is 24.3 Å². The minimum Gasteiger partial charge on any atom is -0.293 e. The summed E-state index contributed by atoms with van der Waals surface area (Å²) in [5.41, 5.74) is 3.79. The summed E-state index contributed by atoms with van der Waals surface area (Å²) < 4.78 is 0. The molecular formula is C28H25N3O3. The van der Waals surface area contributed by atoms with Gasteiger partial charge in [0, 0.05) is 35.5 Å². The van der Waals surface area contributed by atoms with Crippen molar-refractivity contribution in [2.75, 3.05) is 0 Å². The van der Waals surface area contributed by atoms with Gasteiger partial charge >= 0.3 is 0 Å². The van der Waals surface area contributed by atoms with Crippen LogP contribution in [0.4, 0.5) is 5.69 Å². The molecule has 6 heteroatoms. The molecule has 0 amide bonds. The Labute approximate surface area is 198 Å². The van der Waals surface area contributed by atoms with E-state index in [1.807, 2.05) is 42.5 Å². The minimum atomic E-state index is -0.417. The van der Waals surface area contributed by atoms with E-state index in [-0.39, 0.29) is 11.5 Å². The highest BCUT2D eigenvalue weighted by atomic mass is 16.6. The molecule has 2 heterocycles. The normalized spacial score (nSPS) is 9.94. The van der Waals surface area contributed by atoms with Crippen LogP contribution in [0.3, 0.4) is 0 Å². The van der Waals surface area contributed by atoms with E-state index < -0.39 is 4.92 Å². The Bertz CT molecular complexity index is 1400. The summed E-state index contributed by atoms with van der Waals surface area (Å²) in [6, 6.07) is 31.8. The van der Waals surface area contributed by atoms with Crippen LogP contribution in [0.25, 0.3) is 21.8 Å². The van der Waals surface area contributed by atoms with Gasteiger partial charge in [-0.3, -0.25) is 19.9 Å². The van der Waals surface area contributed by atoms with Crippen LogP contribution in [0, 0.1) is 10.1 Å². The molecule has 6 nitrogen and oxygen atoms in total. The number of hydrogen-bond acceptors (Lipinski definition) is 5. The molecule has 0 atom stereocenters. The predicted octanol–water partition coefficient (Wildman–Crippen LogP) is 6.83. The number of aromatic nitrogens is 2. The molecule has 0 bridgehead atoms. The number of benzene rings is 3. The molecule has 0 aliphatic carbocycles. The fourth-order valence-corrected chi connectivity index (χ4v) is 3.12. The Hall–Kier alpha value is -4.45. The molecule has 0 unspecified atom stereocenters. The van der Waals surface area contributed by atoms with Crippen molar-refractivity contribution < 1.29 is 9.72 Å². The average molecular weight is 452 g/mol. The standard InChI is InChI=1S/C11H9NO.C11H11N.C6H5NO2/c1-8(13)10-7-6-9-4-2-3-5-11(9)12-10;1-2-10-8-7-9-5-3-4-6-11(9)12-10;8-7(9)6-4-2-1-3-5-6/h2-7H,1H3;3-8H,2H2,1H3;1-5H. The molecule has 2 aromatic heterocycles. The summed E-state index contributed by atoms with van der Waals surface area (Å²) in [7, 11) is 0. The molecular weight excluding hydrogens is 426 g/mol. The molecule has 34 heavy (non-hydrogen) atoms. The van der Waals surface area contributed by atoms with Crippen molar-refractivity contribution in [2.24, 2.45) is 0 Å². The monoisotopic (exact) mass is 451 g/mol. The number of Topliss-reactive ketones (excluding diaryl/α,β-unsaturated/α-hetero) is 1. The third-order valence-electron chi connectivity index (χ3n) is 4.94. The summed E-state index contributed by atoms with van der Waals surface area (Å²) in [6.45, 7) is 3.65. The van der Waals surface area contributed by atoms with Crippen molar-refractivity contribution in [1.82, 2.24) is 9.97 Å². The first-order chi connectivity index (χ1) is 16.5. The zero-order chi connectivity index (χ0) is 24.3. The lowest BCUT2D eigenvalue weighted by Gasteiger charge is -1.98. The highest BCUT2D eigenvalue weighted by molar-refractivity contribution is 5.94. The van der Waals surface area contributed by atoms with Crippen LogP contribution in [-0.4, -0.2) is 20.7 Å². The van der Waals surface area contributed by atoms with E-state index in [1.165, 1.54) is 24.4 Å². The van der Waals surface area contributed by atoms with Gasteiger partial charge in [-0.25, -0.2) is 4.98 Å². The summed E-state index contributed by atoms with van der Waals surface area (Å²) in [4.78, 5) is 29.3. The number of para-hydroxylation sites is 3. The molecule has 5 aromatic rings. The van der Waals surface area contributed by atoms with Crippen LogP contribution in [0.5, 0.6) is 0 Å². The smallest absolute Gasteiger partial charge is 0.269 e. The van der Waals surface area contributed by atoms with E-state index in [0.717, 1.165) is 28.5 Å². The molecule has 0 saturated heterocycles. The van der Waals surface area contributed by atoms with Gasteiger partial charge in [-0.05, 0) is 30.7 Å². The number of nitro groups is 1. The Kier molecular flexibility index (Phi) is 8.52. The largest absolute Gasteiger partial charge is 0.293 e. The Morgan fingerprint density at radius 2 is 1.26 bits per heavy atom. The van der Waals surface area contributed by atoms with Crippen LogP contribution in [0.2, 0.25) is 0 Å². The number of fused-ring (bicyclic) bond motifs is 2. The highest BCUT2D eigenvalue weighted by Crippen LogP contribution is 2.12. The van der Waals surface area contributed by atoms with E-state index in [0.29, 0.717) is 5.69 Å². The SMILES string of the molecule is CC(=O)c1ccc2ccccc2n1.CCc1ccc2ccccc2n1.O=[N+]([O-])c1ccccc1. The van der Waals surface area contributed by atoms with Crippen molar-refractivity contribution in [3.05, 3.63) is 125 Å². The van der Waals surface area contributed by atoms with Gasteiger partial charge in [0.25, 0.3) is 5.69 Å². The van der Waals surface area contributed by atoms with Crippen molar-refractivity contribution in [2.45, 2.75) is 20.3 Å². The Balaban J connectivity index is 0.000000146. The van der Waals surface area contributed by atoms with Gasteiger partial charge in [0.2, 0.25) is 0 Å². The summed E-state index contributed by atoms with van der Waals surface area (Å²) in [5, 5.41) is 12.3. The van der Waals surface area contributed by atoms with E-state index >= 15 is 0 Å². The van der Waals surface area contributed by atoms with E-state index in [9.17, 15) is 14.9 Å². The third kappa shape index (κ3) is 6.77. The number of ketones is 1. The maximum atomic E-state index is 11.0. The van der Waals surface area contributed by atoms with Gasteiger partial charge in [-0.15, -0.1) is 0 Å². The fourth-order valence-electron chi connectivity index (χ4n) is 3.12. The number of hydrogen-bond donors (Lipinski definition) is 0. The second kappa shape index (κ2) is 12.0. The number of carbonyl (C=O) groups excluding carboxylic acids is 1. The van der Waals surface area contributed by atoms with Crippen molar-refractivity contribution in [1.29, 1.82) is 0 Å². The quantitative estimate of drug-likeness (QED) is 0.170. The summed E-state index contributed by atoms with van der Waals surface area (Å²) in [6.07, 6.45) is 1.00. The van der Waals surface area contributed by atoms with Crippen LogP contribution >= 0.6 is 0 Å². The number of nitro benzene ring substituents is 1. The first-order valence-electron chi connectivity index (χ1n) is 10.9. The number of aryl methyl sites for hydroxylation is 1. The zero-order valence-corrected chi connectivity index (χ0v) is 19.1. The van der Waals surface area contributed by atoms with Gasteiger partial charge in [-0.2, -0.15) is 0 Å². The van der Waals surface area contributed by atoms with Gasteiger partial charge in [0.05, 0.1) is 16.0 Å². The maximum Gasteiger partial charge on any atom is 0.269 e. The molecule has 0 aliphatic heterocycles. The number of rotatable bonds is 3. The number of carbonyl (C=O) groups is 1. The van der Waals surface area contributed by atoms with Gasteiger partial charge in [-0.1, -0.05) is 73.7 Å². The average Bonchev–Trinajstić information content (AvgIpc) is 2.89. The molecule has 0 spiro atoms. The zero-order valence-electron chi connectivity index (χ0n) is 19.1. The molecule has 3 aromatic carbocycles. The molecule has 170 valence electrons. The molecule has 0 saturated carbocycles. The predicted molar refractivity (Wildman–Crippen MR) is 136 cm³/mol. The summed E-state index contributed by atoms with van der Waals surface area (Å²) >= 11 is 0. The molecule has 0 fully saturated rings. The maximum absolute atomic E-state index is 11.0. The van der Waals surface area contributed by atoms with Crippen molar-refractivity contribution >= 4 is 33.3 Å². The van der Waals surface area contributed by atoms with E-state index in [4.69, 9.17) is 0 Å². The number of nitrogens with zero attached hydrogens (tertiary/aromatic N) is 3. The van der Waals surface area contributed by atoms with Crippen molar-refractivity contribution in [3.63, 3.8) is 0 Å². The Morgan fingerprint density at radius 3 is 1.79 bits per heavy atom. The molecule has 5 rings (SSSR count). The molecule has 0 aliphatic rings. The minimum absolute atomic E-state index is 0.00533. The van der Waals surface area contributed by atoms with Gasteiger partial charge in [0.15, 0.2) is 5.78 Å². The van der Waals surface area contributed by atoms with Crippen molar-refractivity contribution in [3.8, 4) is 0 Å². The third-order valence-corrected chi connectivity index (χ3v) is 4.94. The van der Waals surface area contributed by atoms with Crippen LogP contribution in [0.1, 0.15) is 30.0 Å². The second-order valence-corrected chi connectivity index (χ2v) is 7.39. The highest BCUT2D eigenvalue weighted by Gasteiger charge is 2.01. The molecule has 0 N–H and O–H groups in total. The lowest BCUT2D eigenvalue weighted by molar-refractivity contribution is -0.384. The fraction of sp³-hybridized carbons (Fsp3) is 0.107. The number of non-ortho nitro benzene ring substituents is 1. The summed E-state index contributed by atoms with van der Waals surface area (Å²) in [5.74, 6) is 0.00533. The molecule has 0 radical (unpaired) electrons. The first-order valence-corrected chi connectivity index (χ1v) is 10.9. The van der Waals surface area contributed by atoms with Crippen LogP contribution in [0.15, 0.2) is 103 Å². The lowest BCUT2D eigenvalue weighted by Crippen LogP contribution is -1.95. The van der Waals surface area contributed by atoms with Gasteiger partial charge in [0.1, 0.15) is 5.69 Å². The van der Waals surface area contributed by atoms with E-state index in [2.05, 4.69) is 41.2 Å².